The van der Waals surface area contributed by atoms with E-state index in [1.807, 2.05) is 43.8 Å². The zero-order valence-corrected chi connectivity index (χ0v) is 17.2. The number of nitrogens with zero attached hydrogens (tertiary/aromatic N) is 8. The highest BCUT2D eigenvalue weighted by molar-refractivity contribution is 5.88. The van der Waals surface area contributed by atoms with E-state index in [2.05, 4.69) is 19.9 Å². The molecule has 1 saturated heterocycles. The first-order valence-electron chi connectivity index (χ1n) is 9.90. The van der Waals surface area contributed by atoms with Gasteiger partial charge in [-0.25, -0.2) is 24.9 Å². The van der Waals surface area contributed by atoms with Crippen molar-refractivity contribution < 1.29 is 4.74 Å². The summed E-state index contributed by atoms with van der Waals surface area (Å²) in [4.78, 5) is 30.0. The Morgan fingerprint density at radius 2 is 1.73 bits per heavy atom. The molecule has 0 N–H and O–H groups in total. The van der Waals surface area contributed by atoms with E-state index in [0.717, 1.165) is 52.7 Å². The average Bonchev–Trinajstić information content (AvgIpc) is 3.12. The second kappa shape index (κ2) is 7.42. The number of hydrogen-bond donors (Lipinski definition) is 0. The Morgan fingerprint density at radius 1 is 0.967 bits per heavy atom. The number of hydrogen-bond acceptors (Lipinski definition) is 8. The topological polar surface area (TPSA) is 94.7 Å². The van der Waals surface area contributed by atoms with E-state index in [9.17, 15) is 0 Å². The van der Waals surface area contributed by atoms with Crippen molar-refractivity contribution in [3.63, 3.8) is 0 Å². The van der Waals surface area contributed by atoms with Crippen molar-refractivity contribution in [3.05, 3.63) is 42.1 Å². The van der Waals surface area contributed by atoms with Gasteiger partial charge in [-0.3, -0.25) is 4.98 Å². The van der Waals surface area contributed by atoms with Crippen molar-refractivity contribution in [2.75, 3.05) is 31.2 Å². The summed E-state index contributed by atoms with van der Waals surface area (Å²) in [6.07, 6.45) is 5.34. The summed E-state index contributed by atoms with van der Waals surface area (Å²) in [5.41, 5.74) is 4.20. The number of pyridine rings is 1. The molecule has 0 atom stereocenters. The molecule has 0 aliphatic carbocycles. The summed E-state index contributed by atoms with van der Waals surface area (Å²) in [5.74, 6) is 2.90. The lowest BCUT2D eigenvalue weighted by Gasteiger charge is -2.28. The minimum Gasteiger partial charge on any atom is -0.378 e. The lowest BCUT2D eigenvalue weighted by atomic mass is 10.2. The Hall–Kier alpha value is -3.46. The molecule has 4 aromatic heterocycles. The number of fused-ring (bicyclic) bond motifs is 1. The van der Waals surface area contributed by atoms with E-state index in [0.29, 0.717) is 24.9 Å². The van der Waals surface area contributed by atoms with Crippen LogP contribution >= 0.6 is 0 Å². The van der Waals surface area contributed by atoms with Gasteiger partial charge in [-0.1, -0.05) is 0 Å². The van der Waals surface area contributed by atoms with Crippen LogP contribution in [0.3, 0.4) is 0 Å². The van der Waals surface area contributed by atoms with Crippen LogP contribution in [-0.2, 0) is 11.8 Å². The van der Waals surface area contributed by atoms with Gasteiger partial charge < -0.3 is 14.2 Å². The first-order chi connectivity index (χ1) is 14.6. The molecule has 9 nitrogen and oxygen atoms in total. The molecule has 0 bridgehead atoms. The number of ether oxygens (including phenoxy) is 1. The standard InChI is InChI=1S/C21H22N8O/c1-13-12-23-14(2)24-16(13)18-26-20-17(21(27-18)29-8-10-30-11-9-29)25-19(28(20)3)15-4-6-22-7-5-15/h4-7,12H,8-11H2,1-3H3. The van der Waals surface area contributed by atoms with Gasteiger partial charge in [0.15, 0.2) is 22.8 Å². The van der Waals surface area contributed by atoms with E-state index in [1.54, 1.807) is 12.4 Å². The molecule has 5 rings (SSSR count). The van der Waals surface area contributed by atoms with Gasteiger partial charge in [0.05, 0.1) is 13.2 Å². The third-order valence-corrected chi connectivity index (χ3v) is 5.25. The van der Waals surface area contributed by atoms with Crippen LogP contribution in [0.4, 0.5) is 5.82 Å². The average molecular weight is 402 g/mol. The summed E-state index contributed by atoms with van der Waals surface area (Å²) < 4.78 is 7.55. The zero-order chi connectivity index (χ0) is 20.7. The lowest BCUT2D eigenvalue weighted by molar-refractivity contribution is 0.122. The number of morpholine rings is 1. The minimum absolute atomic E-state index is 0.580. The van der Waals surface area contributed by atoms with Crippen molar-refractivity contribution in [3.8, 4) is 22.9 Å². The molecule has 5 heterocycles. The molecular formula is C21H22N8O. The summed E-state index contributed by atoms with van der Waals surface area (Å²) in [7, 11) is 1.98. The Balaban J connectivity index is 1.77. The molecule has 0 radical (unpaired) electrons. The van der Waals surface area contributed by atoms with Crippen LogP contribution < -0.4 is 4.90 Å². The van der Waals surface area contributed by atoms with Gasteiger partial charge in [0.1, 0.15) is 17.3 Å². The van der Waals surface area contributed by atoms with E-state index in [-0.39, 0.29) is 0 Å². The van der Waals surface area contributed by atoms with Crippen LogP contribution in [-0.4, -0.2) is 60.8 Å². The van der Waals surface area contributed by atoms with Crippen LogP contribution in [0.25, 0.3) is 34.1 Å². The highest BCUT2D eigenvalue weighted by Crippen LogP contribution is 2.31. The van der Waals surface area contributed by atoms with Crippen molar-refractivity contribution in [1.29, 1.82) is 0 Å². The molecule has 1 fully saturated rings. The van der Waals surface area contributed by atoms with E-state index < -0.39 is 0 Å². The summed E-state index contributed by atoms with van der Waals surface area (Å²) in [5, 5.41) is 0. The smallest absolute Gasteiger partial charge is 0.182 e. The van der Waals surface area contributed by atoms with Crippen molar-refractivity contribution >= 4 is 17.0 Å². The lowest BCUT2D eigenvalue weighted by Crippen LogP contribution is -2.37. The van der Waals surface area contributed by atoms with Gasteiger partial charge in [0, 0.05) is 44.3 Å². The fraction of sp³-hybridized carbons (Fsp3) is 0.333. The van der Waals surface area contributed by atoms with Gasteiger partial charge >= 0.3 is 0 Å². The second-order valence-electron chi connectivity index (χ2n) is 7.32. The monoisotopic (exact) mass is 402 g/mol. The normalized spacial score (nSPS) is 14.4. The van der Waals surface area contributed by atoms with E-state index in [4.69, 9.17) is 19.7 Å². The molecular weight excluding hydrogens is 380 g/mol. The molecule has 0 spiro atoms. The number of anilines is 1. The van der Waals surface area contributed by atoms with E-state index in [1.165, 1.54) is 0 Å². The number of aryl methyl sites for hydroxylation is 3. The molecule has 9 heteroatoms. The van der Waals surface area contributed by atoms with Crippen LogP contribution in [0.1, 0.15) is 11.4 Å². The third kappa shape index (κ3) is 3.17. The quantitative estimate of drug-likeness (QED) is 0.515. The van der Waals surface area contributed by atoms with Crippen molar-refractivity contribution in [2.45, 2.75) is 13.8 Å². The predicted octanol–water partition coefficient (Wildman–Crippen LogP) is 2.34. The molecule has 30 heavy (non-hydrogen) atoms. The van der Waals surface area contributed by atoms with Crippen LogP contribution in [0, 0.1) is 13.8 Å². The largest absolute Gasteiger partial charge is 0.378 e. The van der Waals surface area contributed by atoms with Gasteiger partial charge in [0.2, 0.25) is 0 Å². The number of rotatable bonds is 3. The second-order valence-corrected chi connectivity index (χ2v) is 7.32. The van der Waals surface area contributed by atoms with E-state index >= 15 is 0 Å². The van der Waals surface area contributed by atoms with Crippen LogP contribution in [0.2, 0.25) is 0 Å². The van der Waals surface area contributed by atoms with Gasteiger partial charge in [-0.2, -0.15) is 0 Å². The van der Waals surface area contributed by atoms with Crippen molar-refractivity contribution in [1.82, 2.24) is 34.5 Å². The molecule has 0 amide bonds. The van der Waals surface area contributed by atoms with Crippen molar-refractivity contribution in [2.24, 2.45) is 7.05 Å². The highest BCUT2D eigenvalue weighted by Gasteiger charge is 2.23. The van der Waals surface area contributed by atoms with Crippen LogP contribution in [0.15, 0.2) is 30.7 Å². The SMILES string of the molecule is Cc1ncc(C)c(-c2nc(N3CCOCC3)c3nc(-c4ccncc4)n(C)c3n2)n1. The number of aromatic nitrogens is 7. The maximum Gasteiger partial charge on any atom is 0.182 e. The summed E-state index contributed by atoms with van der Waals surface area (Å²) in [6.45, 7) is 6.69. The molecule has 0 aromatic carbocycles. The number of imidazole rings is 1. The van der Waals surface area contributed by atoms with Gasteiger partial charge in [-0.15, -0.1) is 0 Å². The van der Waals surface area contributed by atoms with Crippen LogP contribution in [0.5, 0.6) is 0 Å². The Morgan fingerprint density at radius 3 is 2.50 bits per heavy atom. The fourth-order valence-corrected chi connectivity index (χ4v) is 3.66. The summed E-state index contributed by atoms with van der Waals surface area (Å²) in [6, 6.07) is 3.89. The molecule has 1 aliphatic heterocycles. The predicted molar refractivity (Wildman–Crippen MR) is 113 cm³/mol. The Labute approximate surface area is 173 Å². The molecule has 152 valence electrons. The first-order valence-corrected chi connectivity index (χ1v) is 9.90. The Kier molecular flexibility index (Phi) is 4.59. The van der Waals surface area contributed by atoms with Gasteiger partial charge in [0.25, 0.3) is 0 Å². The highest BCUT2D eigenvalue weighted by atomic mass is 16.5. The summed E-state index contributed by atoms with van der Waals surface area (Å²) >= 11 is 0. The maximum absolute atomic E-state index is 5.54. The molecule has 1 aliphatic rings. The maximum atomic E-state index is 5.54. The third-order valence-electron chi connectivity index (χ3n) is 5.25. The first kappa shape index (κ1) is 18.6. The molecule has 4 aromatic rings. The zero-order valence-electron chi connectivity index (χ0n) is 17.2. The minimum atomic E-state index is 0.580. The molecule has 0 unspecified atom stereocenters. The van der Waals surface area contributed by atoms with Gasteiger partial charge in [-0.05, 0) is 31.5 Å². The fourth-order valence-electron chi connectivity index (χ4n) is 3.66. The molecule has 0 saturated carbocycles. The Bertz CT molecular complexity index is 1210.